The number of benzene rings is 1. The van der Waals surface area contributed by atoms with Crippen molar-refractivity contribution in [2.75, 3.05) is 5.73 Å². The van der Waals surface area contributed by atoms with Crippen LogP contribution in [0.5, 0.6) is 0 Å². The molecule has 1 aromatic carbocycles. The summed E-state index contributed by atoms with van der Waals surface area (Å²) in [6.07, 6.45) is 1.63. The second-order valence-corrected chi connectivity index (χ2v) is 3.43. The van der Waals surface area contributed by atoms with E-state index in [-0.39, 0.29) is 0 Å². The van der Waals surface area contributed by atoms with E-state index >= 15 is 0 Å². The van der Waals surface area contributed by atoms with Crippen molar-refractivity contribution >= 4 is 5.69 Å². The maximum Gasteiger partial charge on any atom is 0.226 e. The molecule has 0 atom stereocenters. The molecule has 0 saturated heterocycles. The van der Waals surface area contributed by atoms with E-state index in [0.717, 1.165) is 22.5 Å². The average molecular weight is 188 g/mol. The summed E-state index contributed by atoms with van der Waals surface area (Å²) in [5, 5.41) is 0. The van der Waals surface area contributed by atoms with Crippen LogP contribution in [0.15, 0.2) is 28.9 Å². The number of rotatable bonds is 1. The molecule has 2 aromatic rings. The number of hydrogen-bond acceptors (Lipinski definition) is 3. The summed E-state index contributed by atoms with van der Waals surface area (Å²) in [5.74, 6) is 0.623. The first kappa shape index (κ1) is 8.81. The minimum atomic E-state index is 0.623. The summed E-state index contributed by atoms with van der Waals surface area (Å²) in [7, 11) is 0. The second kappa shape index (κ2) is 3.18. The predicted molar refractivity (Wildman–Crippen MR) is 55.8 cm³/mol. The minimum Gasteiger partial charge on any atom is -0.444 e. The van der Waals surface area contributed by atoms with Gasteiger partial charge in [0.25, 0.3) is 0 Å². The lowest BCUT2D eigenvalue weighted by Gasteiger charge is -2.00. The van der Waals surface area contributed by atoms with Crippen LogP contribution in [0.1, 0.15) is 11.3 Å². The SMILES string of the molecule is Cc1cc(N)cc(-c2nc(C)co2)c1. The van der Waals surface area contributed by atoms with Crippen LogP contribution < -0.4 is 5.73 Å². The smallest absolute Gasteiger partial charge is 0.226 e. The summed E-state index contributed by atoms with van der Waals surface area (Å²) in [4.78, 5) is 4.24. The van der Waals surface area contributed by atoms with Crippen molar-refractivity contribution in [1.29, 1.82) is 0 Å². The van der Waals surface area contributed by atoms with Crippen LogP contribution in [0.2, 0.25) is 0 Å². The van der Waals surface area contributed by atoms with Gasteiger partial charge in [-0.15, -0.1) is 0 Å². The van der Waals surface area contributed by atoms with Crippen molar-refractivity contribution in [3.8, 4) is 11.5 Å². The van der Waals surface area contributed by atoms with Crippen LogP contribution in [0.4, 0.5) is 5.69 Å². The van der Waals surface area contributed by atoms with Gasteiger partial charge in [-0.2, -0.15) is 0 Å². The number of oxazole rings is 1. The lowest BCUT2D eigenvalue weighted by molar-refractivity contribution is 0.573. The van der Waals surface area contributed by atoms with E-state index in [0.29, 0.717) is 5.89 Å². The minimum absolute atomic E-state index is 0.623. The number of nitrogen functional groups attached to an aromatic ring is 1. The fourth-order valence-electron chi connectivity index (χ4n) is 1.42. The number of nitrogens with two attached hydrogens (primary N) is 1. The van der Waals surface area contributed by atoms with Crippen molar-refractivity contribution in [1.82, 2.24) is 4.98 Å². The van der Waals surface area contributed by atoms with E-state index in [4.69, 9.17) is 10.2 Å². The lowest BCUT2D eigenvalue weighted by atomic mass is 10.1. The molecule has 0 saturated carbocycles. The van der Waals surface area contributed by atoms with Gasteiger partial charge in [0.1, 0.15) is 6.26 Å². The van der Waals surface area contributed by atoms with Crippen LogP contribution in [0, 0.1) is 13.8 Å². The Hall–Kier alpha value is -1.77. The van der Waals surface area contributed by atoms with Gasteiger partial charge in [0.05, 0.1) is 5.69 Å². The van der Waals surface area contributed by atoms with E-state index < -0.39 is 0 Å². The van der Waals surface area contributed by atoms with Gasteiger partial charge in [0, 0.05) is 11.3 Å². The van der Waals surface area contributed by atoms with Gasteiger partial charge >= 0.3 is 0 Å². The van der Waals surface area contributed by atoms with E-state index in [1.807, 2.05) is 32.0 Å². The number of hydrogen-bond donors (Lipinski definition) is 1. The molecule has 1 aromatic heterocycles. The maximum absolute atomic E-state index is 5.73. The molecule has 3 nitrogen and oxygen atoms in total. The third kappa shape index (κ3) is 1.62. The third-order valence-corrected chi connectivity index (χ3v) is 1.97. The number of anilines is 1. The molecule has 0 fully saturated rings. The van der Waals surface area contributed by atoms with Crippen molar-refractivity contribution < 1.29 is 4.42 Å². The predicted octanol–water partition coefficient (Wildman–Crippen LogP) is 2.54. The summed E-state index contributed by atoms with van der Waals surface area (Å²) in [5.41, 5.74) is 9.38. The Bertz CT molecular complexity index is 440. The molecule has 0 spiro atoms. The quantitative estimate of drug-likeness (QED) is 0.699. The molecule has 2 rings (SSSR count). The van der Waals surface area contributed by atoms with Crippen molar-refractivity contribution in [2.45, 2.75) is 13.8 Å². The molecule has 2 N–H and O–H groups in total. The van der Waals surface area contributed by atoms with Gasteiger partial charge in [-0.05, 0) is 37.6 Å². The first-order valence-corrected chi connectivity index (χ1v) is 4.45. The van der Waals surface area contributed by atoms with Gasteiger partial charge in [0.2, 0.25) is 5.89 Å². The van der Waals surface area contributed by atoms with Crippen LogP contribution in [0.3, 0.4) is 0 Å². The van der Waals surface area contributed by atoms with E-state index in [2.05, 4.69) is 4.98 Å². The molecule has 0 radical (unpaired) electrons. The Balaban J connectivity index is 2.51. The van der Waals surface area contributed by atoms with Crippen LogP contribution >= 0.6 is 0 Å². The molecule has 1 heterocycles. The summed E-state index contributed by atoms with van der Waals surface area (Å²) < 4.78 is 5.29. The van der Waals surface area contributed by atoms with Gasteiger partial charge in [-0.3, -0.25) is 0 Å². The van der Waals surface area contributed by atoms with Crippen molar-refractivity contribution in [3.05, 3.63) is 35.7 Å². The zero-order chi connectivity index (χ0) is 10.1. The Morgan fingerprint density at radius 3 is 2.57 bits per heavy atom. The van der Waals surface area contributed by atoms with Crippen LogP contribution in [-0.2, 0) is 0 Å². The largest absolute Gasteiger partial charge is 0.444 e. The Morgan fingerprint density at radius 2 is 2.00 bits per heavy atom. The summed E-state index contributed by atoms with van der Waals surface area (Å²) >= 11 is 0. The van der Waals surface area contributed by atoms with Crippen molar-refractivity contribution in [3.63, 3.8) is 0 Å². The molecule has 0 amide bonds. The number of nitrogens with zero attached hydrogens (tertiary/aromatic N) is 1. The molecule has 0 aliphatic heterocycles. The van der Waals surface area contributed by atoms with Gasteiger partial charge in [0.15, 0.2) is 0 Å². The highest BCUT2D eigenvalue weighted by Crippen LogP contribution is 2.22. The van der Waals surface area contributed by atoms with Crippen LogP contribution in [0.25, 0.3) is 11.5 Å². The molecular formula is C11H12N2O. The topological polar surface area (TPSA) is 52.0 Å². The zero-order valence-corrected chi connectivity index (χ0v) is 8.24. The average Bonchev–Trinajstić information content (AvgIpc) is 2.50. The second-order valence-electron chi connectivity index (χ2n) is 3.43. The zero-order valence-electron chi connectivity index (χ0n) is 8.24. The van der Waals surface area contributed by atoms with Gasteiger partial charge in [-0.25, -0.2) is 4.98 Å². The first-order valence-electron chi connectivity index (χ1n) is 4.45. The highest BCUT2D eigenvalue weighted by atomic mass is 16.3. The monoisotopic (exact) mass is 188 g/mol. The number of aryl methyl sites for hydroxylation is 2. The first-order chi connectivity index (χ1) is 6.65. The molecule has 14 heavy (non-hydrogen) atoms. The summed E-state index contributed by atoms with van der Waals surface area (Å²) in [6.45, 7) is 3.89. The Morgan fingerprint density at radius 1 is 1.21 bits per heavy atom. The Labute approximate surface area is 82.6 Å². The molecule has 0 aliphatic rings. The maximum atomic E-state index is 5.73. The van der Waals surface area contributed by atoms with E-state index in [9.17, 15) is 0 Å². The standard InChI is InChI=1S/C11H12N2O/c1-7-3-9(5-10(12)4-7)11-13-8(2)6-14-11/h3-6H,12H2,1-2H3. The van der Waals surface area contributed by atoms with Gasteiger partial charge < -0.3 is 10.2 Å². The highest BCUT2D eigenvalue weighted by molar-refractivity contribution is 5.61. The molecular weight excluding hydrogens is 176 g/mol. The van der Waals surface area contributed by atoms with Crippen molar-refractivity contribution in [2.24, 2.45) is 0 Å². The fraction of sp³-hybridized carbons (Fsp3) is 0.182. The number of aromatic nitrogens is 1. The molecule has 72 valence electrons. The summed E-state index contributed by atoms with van der Waals surface area (Å²) in [6, 6.07) is 5.78. The third-order valence-electron chi connectivity index (χ3n) is 1.97. The molecule has 0 unspecified atom stereocenters. The fourth-order valence-corrected chi connectivity index (χ4v) is 1.42. The van der Waals surface area contributed by atoms with Gasteiger partial charge in [-0.1, -0.05) is 0 Å². The Kier molecular flexibility index (Phi) is 2.00. The van der Waals surface area contributed by atoms with E-state index in [1.54, 1.807) is 6.26 Å². The molecule has 3 heteroatoms. The molecule has 0 bridgehead atoms. The highest BCUT2D eigenvalue weighted by Gasteiger charge is 2.05. The van der Waals surface area contributed by atoms with Crippen LogP contribution in [-0.4, -0.2) is 4.98 Å². The lowest BCUT2D eigenvalue weighted by Crippen LogP contribution is -1.88. The van der Waals surface area contributed by atoms with E-state index in [1.165, 1.54) is 0 Å². The molecule has 0 aliphatic carbocycles. The normalized spacial score (nSPS) is 10.4.